The summed E-state index contributed by atoms with van der Waals surface area (Å²) in [5.41, 5.74) is -0.591. The van der Waals surface area contributed by atoms with Gasteiger partial charge >= 0.3 is 0 Å². The monoisotopic (exact) mass is 225 g/mol. The lowest BCUT2D eigenvalue weighted by atomic mass is 9.58. The molecule has 2 heteroatoms. The Morgan fingerprint density at radius 1 is 1.47 bits per heavy atom. The van der Waals surface area contributed by atoms with E-state index in [1.807, 2.05) is 25.1 Å². The van der Waals surface area contributed by atoms with E-state index in [-0.39, 0.29) is 0 Å². The van der Waals surface area contributed by atoms with E-state index < -0.39 is 11.0 Å². The van der Waals surface area contributed by atoms with Crippen molar-refractivity contribution in [3.8, 4) is 18.4 Å². The van der Waals surface area contributed by atoms with E-state index in [0.29, 0.717) is 18.4 Å². The van der Waals surface area contributed by atoms with Gasteiger partial charge in [-0.3, -0.25) is 0 Å². The first-order chi connectivity index (χ1) is 8.08. The van der Waals surface area contributed by atoms with E-state index >= 15 is 0 Å². The Morgan fingerprint density at radius 2 is 2.18 bits per heavy atom. The summed E-state index contributed by atoms with van der Waals surface area (Å²) in [6.07, 6.45) is 7.79. The molecule has 0 saturated heterocycles. The number of terminal acetylenes is 1. The van der Waals surface area contributed by atoms with E-state index in [1.165, 1.54) is 0 Å². The molecule has 0 amide bonds. The second kappa shape index (κ2) is 3.91. The number of aryl methyl sites for hydroxylation is 1. The molecule has 0 bridgehead atoms. The average molecular weight is 225 g/mol. The summed E-state index contributed by atoms with van der Waals surface area (Å²) in [6, 6.07) is 9.69. The van der Waals surface area contributed by atoms with Gasteiger partial charge in [0.25, 0.3) is 0 Å². The molecule has 0 heterocycles. The zero-order chi connectivity index (χ0) is 12.5. The molecule has 1 aliphatic carbocycles. The Morgan fingerprint density at radius 3 is 2.59 bits per heavy atom. The number of hydrogen-bond acceptors (Lipinski definition) is 2. The molecule has 17 heavy (non-hydrogen) atoms. The van der Waals surface area contributed by atoms with Crippen LogP contribution >= 0.6 is 0 Å². The molecule has 1 aromatic rings. The van der Waals surface area contributed by atoms with Gasteiger partial charge in [-0.25, -0.2) is 0 Å². The van der Waals surface area contributed by atoms with Crippen LogP contribution in [0.1, 0.15) is 30.4 Å². The van der Waals surface area contributed by atoms with Crippen LogP contribution in [-0.2, 0) is 5.60 Å². The molecule has 0 unspecified atom stereocenters. The lowest BCUT2D eigenvalue weighted by Crippen LogP contribution is -2.48. The van der Waals surface area contributed by atoms with Crippen LogP contribution in [0.15, 0.2) is 24.3 Å². The number of benzene rings is 1. The fourth-order valence-corrected chi connectivity index (χ4v) is 2.45. The summed E-state index contributed by atoms with van der Waals surface area (Å²) in [7, 11) is 0. The van der Waals surface area contributed by atoms with Crippen LogP contribution in [0.25, 0.3) is 0 Å². The maximum atomic E-state index is 10.7. The largest absolute Gasteiger partial charge is 0.372 e. The van der Waals surface area contributed by atoms with Crippen molar-refractivity contribution in [1.82, 2.24) is 0 Å². The van der Waals surface area contributed by atoms with E-state index in [1.54, 1.807) is 6.07 Å². The van der Waals surface area contributed by atoms with Gasteiger partial charge in [0.15, 0.2) is 5.60 Å². The van der Waals surface area contributed by atoms with Gasteiger partial charge in [-0.05, 0) is 31.7 Å². The first-order valence-electron chi connectivity index (χ1n) is 5.76. The zero-order valence-corrected chi connectivity index (χ0v) is 9.90. The molecular formula is C15H15NO. The van der Waals surface area contributed by atoms with E-state index in [2.05, 4.69) is 12.0 Å². The topological polar surface area (TPSA) is 44.0 Å². The minimum absolute atomic E-state index is 0.654. The lowest BCUT2D eigenvalue weighted by Gasteiger charge is -2.45. The van der Waals surface area contributed by atoms with Gasteiger partial charge in [0, 0.05) is 0 Å². The number of rotatable bonds is 2. The summed E-state index contributed by atoms with van der Waals surface area (Å²) in [5.74, 6) is 2.45. The van der Waals surface area contributed by atoms with Gasteiger partial charge in [-0.1, -0.05) is 35.7 Å². The summed E-state index contributed by atoms with van der Waals surface area (Å²) in [6.45, 7) is 1.94. The van der Waals surface area contributed by atoms with E-state index in [4.69, 9.17) is 6.42 Å². The van der Waals surface area contributed by atoms with Crippen molar-refractivity contribution in [2.24, 2.45) is 5.41 Å². The Labute approximate surface area is 102 Å². The summed E-state index contributed by atoms with van der Waals surface area (Å²) in [5, 5.41) is 20.1. The second-order valence-corrected chi connectivity index (χ2v) is 4.77. The zero-order valence-electron chi connectivity index (χ0n) is 9.90. The molecule has 0 aromatic heterocycles. The van der Waals surface area contributed by atoms with Crippen molar-refractivity contribution in [3.63, 3.8) is 0 Å². The summed E-state index contributed by atoms with van der Waals surface area (Å²) < 4.78 is 0. The van der Waals surface area contributed by atoms with E-state index in [9.17, 15) is 10.4 Å². The number of nitrogens with zero attached hydrogens (tertiary/aromatic N) is 1. The van der Waals surface area contributed by atoms with Crippen molar-refractivity contribution in [1.29, 1.82) is 5.26 Å². The highest BCUT2D eigenvalue weighted by atomic mass is 16.3. The molecule has 2 rings (SSSR count). The molecule has 1 atom stereocenters. The minimum atomic E-state index is -1.47. The van der Waals surface area contributed by atoms with Crippen LogP contribution in [0.5, 0.6) is 0 Å². The van der Waals surface area contributed by atoms with E-state index in [0.717, 1.165) is 12.0 Å². The Balaban J connectivity index is 2.53. The third kappa shape index (κ3) is 1.54. The first kappa shape index (κ1) is 11.7. The Hall–Kier alpha value is -1.77. The Bertz CT molecular complexity index is 516. The second-order valence-electron chi connectivity index (χ2n) is 4.77. The predicted octanol–water partition coefficient (Wildman–Crippen LogP) is 2.51. The molecule has 0 radical (unpaired) electrons. The lowest BCUT2D eigenvalue weighted by molar-refractivity contribution is -0.0530. The third-order valence-electron chi connectivity index (χ3n) is 3.76. The van der Waals surface area contributed by atoms with Crippen LogP contribution in [0.3, 0.4) is 0 Å². The smallest absolute Gasteiger partial charge is 0.169 e. The van der Waals surface area contributed by atoms with Gasteiger partial charge in [-0.2, -0.15) is 5.26 Å². The molecule has 1 saturated carbocycles. The van der Waals surface area contributed by atoms with Crippen LogP contribution in [-0.4, -0.2) is 5.11 Å². The Kier molecular flexibility index (Phi) is 2.69. The van der Waals surface area contributed by atoms with Crippen LogP contribution in [0.4, 0.5) is 0 Å². The minimum Gasteiger partial charge on any atom is -0.372 e. The van der Waals surface area contributed by atoms with Crippen molar-refractivity contribution >= 4 is 0 Å². The quantitative estimate of drug-likeness (QED) is 0.786. The molecule has 86 valence electrons. The highest BCUT2D eigenvalue weighted by Gasteiger charge is 2.55. The van der Waals surface area contributed by atoms with Crippen LogP contribution < -0.4 is 0 Å². The summed E-state index contributed by atoms with van der Waals surface area (Å²) in [4.78, 5) is 0. The highest BCUT2D eigenvalue weighted by molar-refractivity contribution is 5.40. The normalized spacial score (nSPS) is 20.5. The third-order valence-corrected chi connectivity index (χ3v) is 3.76. The van der Waals surface area contributed by atoms with Gasteiger partial charge in [0.1, 0.15) is 5.41 Å². The molecule has 0 spiro atoms. The standard InChI is InChI=1S/C15H15NO/c1-3-15(17,14(11-16)8-5-9-14)13-7-4-6-12(2)10-13/h1,4,6-7,10,17H,5,8-9H2,2H3/t15-/m0/s1. The fourth-order valence-electron chi connectivity index (χ4n) is 2.45. The molecule has 0 aliphatic heterocycles. The highest BCUT2D eigenvalue weighted by Crippen LogP contribution is 2.53. The summed E-state index contributed by atoms with van der Waals surface area (Å²) >= 11 is 0. The van der Waals surface area contributed by atoms with Crippen LogP contribution in [0.2, 0.25) is 0 Å². The maximum absolute atomic E-state index is 10.7. The molecule has 1 aliphatic rings. The number of hydrogen-bond donors (Lipinski definition) is 1. The van der Waals surface area contributed by atoms with Crippen molar-refractivity contribution in [2.75, 3.05) is 0 Å². The maximum Gasteiger partial charge on any atom is 0.169 e. The van der Waals surface area contributed by atoms with Gasteiger partial charge < -0.3 is 5.11 Å². The molecule has 1 fully saturated rings. The van der Waals surface area contributed by atoms with Gasteiger partial charge in [0.05, 0.1) is 6.07 Å². The SMILES string of the molecule is C#C[C@](O)(c1cccc(C)c1)C1(C#N)CCC1. The molecule has 1 aromatic carbocycles. The van der Waals surface area contributed by atoms with Gasteiger partial charge in [-0.15, -0.1) is 6.42 Å². The van der Waals surface area contributed by atoms with Crippen molar-refractivity contribution in [2.45, 2.75) is 31.8 Å². The number of aliphatic hydroxyl groups is 1. The van der Waals surface area contributed by atoms with Crippen molar-refractivity contribution < 1.29 is 5.11 Å². The molecule has 2 nitrogen and oxygen atoms in total. The molecule has 1 N–H and O–H groups in total. The van der Waals surface area contributed by atoms with Crippen LogP contribution in [0, 0.1) is 36.0 Å². The first-order valence-corrected chi connectivity index (χ1v) is 5.76. The average Bonchev–Trinajstić information content (AvgIpc) is 2.28. The number of nitriles is 1. The fraction of sp³-hybridized carbons (Fsp3) is 0.400. The predicted molar refractivity (Wildman–Crippen MR) is 65.8 cm³/mol. The van der Waals surface area contributed by atoms with Crippen molar-refractivity contribution in [3.05, 3.63) is 35.4 Å². The van der Waals surface area contributed by atoms with Gasteiger partial charge in [0.2, 0.25) is 0 Å². The molecular weight excluding hydrogens is 210 g/mol.